The number of hydrogen-bond acceptors (Lipinski definition) is 4. The fourth-order valence-electron chi connectivity index (χ4n) is 3.27. The van der Waals surface area contributed by atoms with Gasteiger partial charge in [-0.15, -0.1) is 12.4 Å². The predicted octanol–water partition coefficient (Wildman–Crippen LogP) is 1.24. The van der Waals surface area contributed by atoms with E-state index in [-0.39, 0.29) is 42.3 Å². The van der Waals surface area contributed by atoms with Crippen molar-refractivity contribution in [1.82, 2.24) is 15.5 Å². The molecule has 0 bridgehead atoms. The standard InChI is InChI=1S/C15H28N4O2.ClH/c1-15(10-16)7-8-19(11-15)9-13(20)18-14(21)17-12-5-3-2-4-6-12;/h12H,2-11,16H2,1H3,(H2,17,18,20,21);1H. The van der Waals surface area contributed by atoms with E-state index < -0.39 is 0 Å². The highest BCUT2D eigenvalue weighted by Gasteiger charge is 2.33. The van der Waals surface area contributed by atoms with Gasteiger partial charge in [0.2, 0.25) is 5.91 Å². The van der Waals surface area contributed by atoms with Crippen molar-refractivity contribution in [3.05, 3.63) is 0 Å². The monoisotopic (exact) mass is 332 g/mol. The molecule has 128 valence electrons. The zero-order valence-electron chi connectivity index (χ0n) is 13.4. The van der Waals surface area contributed by atoms with Gasteiger partial charge in [-0.3, -0.25) is 15.0 Å². The van der Waals surface area contributed by atoms with Crippen LogP contribution in [0.2, 0.25) is 0 Å². The quantitative estimate of drug-likeness (QED) is 0.722. The molecule has 1 heterocycles. The van der Waals surface area contributed by atoms with E-state index >= 15 is 0 Å². The Morgan fingerprint density at radius 1 is 1.27 bits per heavy atom. The zero-order valence-corrected chi connectivity index (χ0v) is 14.2. The van der Waals surface area contributed by atoms with Crippen LogP contribution in [0.3, 0.4) is 0 Å². The van der Waals surface area contributed by atoms with Gasteiger partial charge in [0.05, 0.1) is 6.54 Å². The Morgan fingerprint density at radius 2 is 1.95 bits per heavy atom. The molecule has 1 aliphatic carbocycles. The van der Waals surface area contributed by atoms with Gasteiger partial charge in [0.1, 0.15) is 0 Å². The molecule has 0 aromatic heterocycles. The molecule has 1 atom stereocenters. The third kappa shape index (κ3) is 5.74. The fourth-order valence-corrected chi connectivity index (χ4v) is 3.27. The average Bonchev–Trinajstić information content (AvgIpc) is 2.81. The Morgan fingerprint density at radius 3 is 2.55 bits per heavy atom. The van der Waals surface area contributed by atoms with Crippen LogP contribution in [0.1, 0.15) is 45.4 Å². The minimum atomic E-state index is -0.354. The molecule has 7 heteroatoms. The summed E-state index contributed by atoms with van der Waals surface area (Å²) in [6.07, 6.45) is 6.60. The van der Waals surface area contributed by atoms with Gasteiger partial charge in [-0.05, 0) is 37.8 Å². The molecule has 2 aliphatic rings. The Kier molecular flexibility index (Phi) is 7.59. The van der Waals surface area contributed by atoms with Crippen LogP contribution >= 0.6 is 12.4 Å². The number of nitrogens with two attached hydrogens (primary N) is 1. The van der Waals surface area contributed by atoms with Gasteiger partial charge in [0, 0.05) is 12.6 Å². The van der Waals surface area contributed by atoms with E-state index in [2.05, 4.69) is 22.5 Å². The van der Waals surface area contributed by atoms with Crippen molar-refractivity contribution in [1.29, 1.82) is 0 Å². The number of hydrogen-bond donors (Lipinski definition) is 3. The van der Waals surface area contributed by atoms with Crippen LogP contribution in [-0.2, 0) is 4.79 Å². The van der Waals surface area contributed by atoms with E-state index in [1.54, 1.807) is 0 Å². The smallest absolute Gasteiger partial charge is 0.321 e. The molecular weight excluding hydrogens is 304 g/mol. The predicted molar refractivity (Wildman–Crippen MR) is 89.0 cm³/mol. The first-order valence-corrected chi connectivity index (χ1v) is 8.03. The molecule has 0 radical (unpaired) electrons. The number of halogens is 1. The number of carbonyl (C=O) groups is 2. The van der Waals surface area contributed by atoms with Crippen LogP contribution in [0.4, 0.5) is 4.79 Å². The number of amides is 3. The number of rotatable bonds is 4. The van der Waals surface area contributed by atoms with Crippen molar-refractivity contribution in [2.24, 2.45) is 11.1 Å². The summed E-state index contributed by atoms with van der Waals surface area (Å²) in [4.78, 5) is 25.8. The molecule has 3 amide bonds. The number of nitrogens with one attached hydrogen (secondary N) is 2. The van der Waals surface area contributed by atoms with Crippen LogP contribution in [0.25, 0.3) is 0 Å². The van der Waals surface area contributed by atoms with E-state index in [0.29, 0.717) is 6.54 Å². The second-order valence-electron chi connectivity index (χ2n) is 6.83. The second kappa shape index (κ2) is 8.70. The first kappa shape index (κ1) is 19.2. The van der Waals surface area contributed by atoms with Crippen molar-refractivity contribution in [3.63, 3.8) is 0 Å². The van der Waals surface area contributed by atoms with Crippen LogP contribution in [0.15, 0.2) is 0 Å². The second-order valence-corrected chi connectivity index (χ2v) is 6.83. The van der Waals surface area contributed by atoms with Gasteiger partial charge in [0.25, 0.3) is 0 Å². The maximum Gasteiger partial charge on any atom is 0.321 e. The normalized spacial score (nSPS) is 26.3. The van der Waals surface area contributed by atoms with Crippen LogP contribution < -0.4 is 16.4 Å². The molecule has 2 fully saturated rings. The lowest BCUT2D eigenvalue weighted by Gasteiger charge is -2.23. The summed E-state index contributed by atoms with van der Waals surface area (Å²) >= 11 is 0. The fraction of sp³-hybridized carbons (Fsp3) is 0.867. The van der Waals surface area contributed by atoms with Crippen molar-refractivity contribution in [3.8, 4) is 0 Å². The van der Waals surface area contributed by atoms with E-state index in [4.69, 9.17) is 5.73 Å². The molecule has 4 N–H and O–H groups in total. The molecule has 1 saturated carbocycles. The van der Waals surface area contributed by atoms with Gasteiger partial charge in [-0.25, -0.2) is 4.79 Å². The molecule has 22 heavy (non-hydrogen) atoms. The first-order valence-electron chi connectivity index (χ1n) is 8.03. The largest absolute Gasteiger partial charge is 0.335 e. The third-order valence-electron chi connectivity index (χ3n) is 4.69. The van der Waals surface area contributed by atoms with Crippen molar-refractivity contribution < 1.29 is 9.59 Å². The highest BCUT2D eigenvalue weighted by molar-refractivity contribution is 5.95. The van der Waals surface area contributed by atoms with Gasteiger partial charge < -0.3 is 11.1 Å². The molecule has 2 rings (SSSR count). The van der Waals surface area contributed by atoms with E-state index in [1.165, 1.54) is 6.42 Å². The molecule has 0 spiro atoms. The lowest BCUT2D eigenvalue weighted by Crippen LogP contribution is -2.48. The number of carbonyl (C=O) groups excluding carboxylic acids is 2. The van der Waals surface area contributed by atoms with Gasteiger partial charge in [0.15, 0.2) is 0 Å². The Balaban J connectivity index is 0.00000242. The Labute approximate surface area is 139 Å². The average molecular weight is 333 g/mol. The molecule has 6 nitrogen and oxygen atoms in total. The van der Waals surface area contributed by atoms with Gasteiger partial charge in [-0.2, -0.15) is 0 Å². The summed E-state index contributed by atoms with van der Waals surface area (Å²) in [5, 5.41) is 5.33. The number of imide groups is 1. The van der Waals surface area contributed by atoms with Crippen LogP contribution in [-0.4, -0.2) is 49.1 Å². The number of urea groups is 1. The van der Waals surface area contributed by atoms with Crippen molar-refractivity contribution in [2.75, 3.05) is 26.2 Å². The van der Waals surface area contributed by atoms with Crippen molar-refractivity contribution >= 4 is 24.3 Å². The maximum absolute atomic E-state index is 11.9. The number of nitrogens with zero attached hydrogens (tertiary/aromatic N) is 1. The molecule has 0 aromatic carbocycles. The molecule has 1 aliphatic heterocycles. The molecule has 0 aromatic rings. The van der Waals surface area contributed by atoms with E-state index in [9.17, 15) is 9.59 Å². The molecule has 1 saturated heterocycles. The summed E-state index contributed by atoms with van der Waals surface area (Å²) < 4.78 is 0. The van der Waals surface area contributed by atoms with Crippen molar-refractivity contribution in [2.45, 2.75) is 51.5 Å². The lowest BCUT2D eigenvalue weighted by molar-refractivity contribution is -0.121. The Bertz CT molecular complexity index is 388. The van der Waals surface area contributed by atoms with Crippen LogP contribution in [0, 0.1) is 5.41 Å². The SMILES string of the molecule is CC1(CN)CCN(CC(=O)NC(=O)NC2CCCCC2)C1.Cl. The topological polar surface area (TPSA) is 87.5 Å². The third-order valence-corrected chi connectivity index (χ3v) is 4.69. The highest BCUT2D eigenvalue weighted by Crippen LogP contribution is 2.27. The van der Waals surface area contributed by atoms with Gasteiger partial charge in [-0.1, -0.05) is 26.2 Å². The highest BCUT2D eigenvalue weighted by atomic mass is 35.5. The molecule has 1 unspecified atom stereocenters. The molecular formula is C15H29ClN4O2. The summed E-state index contributed by atoms with van der Waals surface area (Å²) in [5.74, 6) is -0.232. The van der Waals surface area contributed by atoms with E-state index in [0.717, 1.165) is 45.2 Å². The maximum atomic E-state index is 11.9. The summed E-state index contributed by atoms with van der Waals surface area (Å²) in [5.41, 5.74) is 5.86. The lowest BCUT2D eigenvalue weighted by atomic mass is 9.90. The zero-order chi connectivity index (χ0) is 15.3. The minimum absolute atomic E-state index is 0. The minimum Gasteiger partial charge on any atom is -0.335 e. The van der Waals surface area contributed by atoms with Crippen LogP contribution in [0.5, 0.6) is 0 Å². The summed E-state index contributed by atoms with van der Waals surface area (Å²) in [6.45, 7) is 4.73. The summed E-state index contributed by atoms with van der Waals surface area (Å²) in [6, 6.07) is -0.133. The Hall–Kier alpha value is -0.850. The van der Waals surface area contributed by atoms with Gasteiger partial charge >= 0.3 is 6.03 Å². The number of likely N-dealkylation sites (tertiary alicyclic amines) is 1. The first-order chi connectivity index (χ1) is 10.0. The van der Waals surface area contributed by atoms with E-state index in [1.807, 2.05) is 0 Å². The summed E-state index contributed by atoms with van der Waals surface area (Å²) in [7, 11) is 0.